The second kappa shape index (κ2) is 8.20. The van der Waals surface area contributed by atoms with E-state index in [1.165, 1.54) is 0 Å². The average molecular weight is 400 g/mol. The van der Waals surface area contributed by atoms with Crippen molar-refractivity contribution >= 4 is 40.5 Å². The van der Waals surface area contributed by atoms with Crippen molar-refractivity contribution in [3.05, 3.63) is 53.6 Å². The Labute approximate surface area is 169 Å². The minimum atomic E-state index is -0.388. The van der Waals surface area contributed by atoms with Crippen molar-refractivity contribution < 1.29 is 14.3 Å². The zero-order valence-corrected chi connectivity index (χ0v) is 16.2. The van der Waals surface area contributed by atoms with Crippen molar-refractivity contribution in [1.29, 1.82) is 0 Å². The van der Waals surface area contributed by atoms with E-state index in [4.69, 9.17) is 16.3 Å². The minimum absolute atomic E-state index is 0.0306. The average Bonchev–Trinajstić information content (AvgIpc) is 3.12. The summed E-state index contributed by atoms with van der Waals surface area (Å²) in [6, 6.07) is 14.8. The van der Waals surface area contributed by atoms with E-state index >= 15 is 0 Å². The number of halogens is 1. The van der Waals surface area contributed by atoms with Gasteiger partial charge < -0.3 is 19.9 Å². The van der Waals surface area contributed by atoms with E-state index in [2.05, 4.69) is 10.2 Å². The fraction of sp³-hybridized carbons (Fsp3) is 0.333. The first-order valence-electron chi connectivity index (χ1n) is 9.40. The molecule has 0 aliphatic carbocycles. The molecule has 2 heterocycles. The molecule has 1 N–H and O–H groups in total. The van der Waals surface area contributed by atoms with Crippen LogP contribution in [0.15, 0.2) is 48.5 Å². The lowest BCUT2D eigenvalue weighted by molar-refractivity contribution is -0.122. The van der Waals surface area contributed by atoms with E-state index < -0.39 is 0 Å². The highest BCUT2D eigenvalue weighted by molar-refractivity contribution is 6.30. The van der Waals surface area contributed by atoms with Gasteiger partial charge in [-0.05, 0) is 36.4 Å². The van der Waals surface area contributed by atoms with Crippen LogP contribution in [0, 0.1) is 5.92 Å². The van der Waals surface area contributed by atoms with Gasteiger partial charge in [0, 0.05) is 36.8 Å². The van der Waals surface area contributed by atoms with Crippen molar-refractivity contribution in [2.75, 3.05) is 48.0 Å². The van der Waals surface area contributed by atoms with Gasteiger partial charge in [-0.3, -0.25) is 9.59 Å². The third-order valence-electron chi connectivity index (χ3n) is 5.13. The zero-order chi connectivity index (χ0) is 19.5. The van der Waals surface area contributed by atoms with Crippen LogP contribution in [0.25, 0.3) is 0 Å². The fourth-order valence-corrected chi connectivity index (χ4v) is 3.78. The summed E-state index contributed by atoms with van der Waals surface area (Å²) in [5.74, 6) is -0.570. The summed E-state index contributed by atoms with van der Waals surface area (Å²) in [5.41, 5.74) is 2.54. The maximum atomic E-state index is 12.7. The molecule has 7 heteroatoms. The first-order valence-corrected chi connectivity index (χ1v) is 9.78. The Morgan fingerprint density at radius 2 is 1.71 bits per heavy atom. The first-order chi connectivity index (χ1) is 13.6. The Balaban J connectivity index is 1.49. The molecule has 0 saturated carbocycles. The van der Waals surface area contributed by atoms with E-state index in [1.54, 1.807) is 29.2 Å². The van der Waals surface area contributed by atoms with Crippen molar-refractivity contribution in [3.8, 4) is 0 Å². The van der Waals surface area contributed by atoms with Gasteiger partial charge >= 0.3 is 0 Å². The molecule has 2 saturated heterocycles. The van der Waals surface area contributed by atoms with Crippen molar-refractivity contribution in [2.24, 2.45) is 5.92 Å². The monoisotopic (exact) mass is 399 g/mol. The van der Waals surface area contributed by atoms with Gasteiger partial charge in [-0.2, -0.15) is 0 Å². The molecule has 28 heavy (non-hydrogen) atoms. The van der Waals surface area contributed by atoms with E-state index in [0.29, 0.717) is 30.5 Å². The maximum absolute atomic E-state index is 12.7. The molecule has 146 valence electrons. The standard InChI is InChI=1S/C21H22ClN3O3/c22-16-5-7-17(8-6-16)23-21(27)15-13-20(26)25(14-15)19-4-2-1-3-18(19)24-9-11-28-12-10-24/h1-8,15H,9-14H2,(H,23,27). The Kier molecular flexibility index (Phi) is 5.50. The Bertz CT molecular complexity index is 865. The number of benzene rings is 2. The van der Waals surface area contributed by atoms with Gasteiger partial charge in [0.25, 0.3) is 0 Å². The van der Waals surface area contributed by atoms with Gasteiger partial charge in [0.1, 0.15) is 0 Å². The van der Waals surface area contributed by atoms with Gasteiger partial charge in [-0.1, -0.05) is 23.7 Å². The summed E-state index contributed by atoms with van der Waals surface area (Å²) in [4.78, 5) is 29.3. The van der Waals surface area contributed by atoms with Gasteiger partial charge in [0.15, 0.2) is 0 Å². The van der Waals surface area contributed by atoms with Crippen LogP contribution in [0.4, 0.5) is 17.1 Å². The number of amides is 2. The molecule has 6 nitrogen and oxygen atoms in total. The predicted octanol–water partition coefficient (Wildman–Crippen LogP) is 3.17. The molecular formula is C21H22ClN3O3. The summed E-state index contributed by atoms with van der Waals surface area (Å²) in [6.45, 7) is 3.31. The van der Waals surface area contributed by atoms with Gasteiger partial charge in [-0.25, -0.2) is 0 Å². The molecule has 2 aliphatic heterocycles. The van der Waals surface area contributed by atoms with Crippen LogP contribution >= 0.6 is 11.6 Å². The summed E-state index contributed by atoms with van der Waals surface area (Å²) in [5, 5.41) is 3.49. The molecular weight excluding hydrogens is 378 g/mol. The number of rotatable bonds is 4. The Morgan fingerprint density at radius 3 is 2.43 bits per heavy atom. The Morgan fingerprint density at radius 1 is 1.04 bits per heavy atom. The van der Waals surface area contributed by atoms with Gasteiger partial charge in [-0.15, -0.1) is 0 Å². The Hall–Kier alpha value is -2.57. The first kappa shape index (κ1) is 18.8. The van der Waals surface area contributed by atoms with Crippen molar-refractivity contribution in [2.45, 2.75) is 6.42 Å². The van der Waals surface area contributed by atoms with Crippen LogP contribution < -0.4 is 15.1 Å². The van der Waals surface area contributed by atoms with Crippen LogP contribution in [-0.2, 0) is 14.3 Å². The van der Waals surface area contributed by atoms with Crippen LogP contribution in [0.5, 0.6) is 0 Å². The molecule has 0 spiro atoms. The highest BCUT2D eigenvalue weighted by Gasteiger charge is 2.36. The topological polar surface area (TPSA) is 61.9 Å². The van der Waals surface area contributed by atoms with E-state index in [-0.39, 0.29) is 24.2 Å². The number of nitrogens with one attached hydrogen (secondary N) is 1. The number of hydrogen-bond acceptors (Lipinski definition) is 4. The molecule has 4 rings (SSSR count). The SMILES string of the molecule is O=C(Nc1ccc(Cl)cc1)C1CC(=O)N(c2ccccc2N2CCOCC2)C1. The van der Waals surface area contributed by atoms with E-state index in [1.807, 2.05) is 24.3 Å². The normalized spacial score (nSPS) is 19.8. The summed E-state index contributed by atoms with van der Waals surface area (Å²) in [7, 11) is 0. The summed E-state index contributed by atoms with van der Waals surface area (Å²) < 4.78 is 5.44. The third kappa shape index (κ3) is 3.98. The molecule has 1 unspecified atom stereocenters. The number of anilines is 3. The van der Waals surface area contributed by atoms with Crippen LogP contribution in [-0.4, -0.2) is 44.7 Å². The van der Waals surface area contributed by atoms with Crippen LogP contribution in [0.3, 0.4) is 0 Å². The molecule has 0 aromatic heterocycles. The van der Waals surface area contributed by atoms with Crippen molar-refractivity contribution in [1.82, 2.24) is 0 Å². The minimum Gasteiger partial charge on any atom is -0.378 e. The van der Waals surface area contributed by atoms with Crippen LogP contribution in [0.2, 0.25) is 5.02 Å². The molecule has 0 bridgehead atoms. The van der Waals surface area contributed by atoms with Crippen LogP contribution in [0.1, 0.15) is 6.42 Å². The number of para-hydroxylation sites is 2. The second-order valence-corrected chi connectivity index (χ2v) is 7.43. The largest absolute Gasteiger partial charge is 0.378 e. The van der Waals surface area contributed by atoms with E-state index in [0.717, 1.165) is 24.5 Å². The molecule has 1 atom stereocenters. The highest BCUT2D eigenvalue weighted by atomic mass is 35.5. The molecule has 2 fully saturated rings. The number of nitrogens with zero attached hydrogens (tertiary/aromatic N) is 2. The lowest BCUT2D eigenvalue weighted by atomic mass is 10.1. The van der Waals surface area contributed by atoms with E-state index in [9.17, 15) is 9.59 Å². The third-order valence-corrected chi connectivity index (χ3v) is 5.38. The molecule has 2 aromatic rings. The van der Waals surface area contributed by atoms with Gasteiger partial charge in [0.05, 0.1) is 30.5 Å². The summed E-state index contributed by atoms with van der Waals surface area (Å²) in [6.07, 6.45) is 0.205. The van der Waals surface area contributed by atoms with Crippen molar-refractivity contribution in [3.63, 3.8) is 0 Å². The lowest BCUT2D eigenvalue weighted by Crippen LogP contribution is -2.38. The number of morpholine rings is 1. The zero-order valence-electron chi connectivity index (χ0n) is 15.4. The number of ether oxygens (including phenoxy) is 1. The predicted molar refractivity (Wildman–Crippen MR) is 110 cm³/mol. The lowest BCUT2D eigenvalue weighted by Gasteiger charge is -2.32. The fourth-order valence-electron chi connectivity index (χ4n) is 3.66. The van der Waals surface area contributed by atoms with Gasteiger partial charge in [0.2, 0.25) is 11.8 Å². The highest BCUT2D eigenvalue weighted by Crippen LogP contribution is 2.34. The molecule has 2 aromatic carbocycles. The summed E-state index contributed by atoms with van der Waals surface area (Å²) >= 11 is 5.88. The number of hydrogen-bond donors (Lipinski definition) is 1. The molecule has 2 aliphatic rings. The molecule has 2 amide bonds. The molecule has 0 radical (unpaired) electrons. The smallest absolute Gasteiger partial charge is 0.229 e. The maximum Gasteiger partial charge on any atom is 0.229 e. The number of carbonyl (C=O) groups excluding carboxylic acids is 2. The second-order valence-electron chi connectivity index (χ2n) is 6.99. The number of carbonyl (C=O) groups is 2. The quantitative estimate of drug-likeness (QED) is 0.857.